The molecule has 0 spiro atoms. The number of hydrogen-bond acceptors (Lipinski definition) is 7. The maximum absolute atomic E-state index is 12.5. The Labute approximate surface area is 223 Å². The first-order valence-corrected chi connectivity index (χ1v) is 13.1. The number of carbonyl (C=O) groups excluding carboxylic acids is 1. The molecule has 7 nitrogen and oxygen atoms in total. The van der Waals surface area contributed by atoms with E-state index in [1.165, 1.54) is 23.1 Å². The van der Waals surface area contributed by atoms with Crippen LogP contribution in [0.4, 0.5) is 16.5 Å². The molecule has 1 amide bonds. The van der Waals surface area contributed by atoms with Crippen molar-refractivity contribution >= 4 is 62.8 Å². The third-order valence-electron chi connectivity index (χ3n) is 4.92. The van der Waals surface area contributed by atoms with Crippen LogP contribution in [0.15, 0.2) is 83.1 Å². The van der Waals surface area contributed by atoms with Gasteiger partial charge in [0.05, 0.1) is 25.7 Å². The molecule has 0 unspecified atom stereocenters. The standard InChI is InChI=1S/C26H24N4O3S3/c1-32-22-12-11-17(13-23(22)33-2)21-15-36-26(29-21)30-24(31)16-35-20-10-6-9-19(14-20)28-25(34)27-18-7-4-3-5-8-18/h3-15H,16H2,1-2H3,(H2,27,28,34)(H,29,30,31). The van der Waals surface area contributed by atoms with Crippen molar-refractivity contribution in [3.63, 3.8) is 0 Å². The average Bonchev–Trinajstić information content (AvgIpc) is 3.36. The van der Waals surface area contributed by atoms with Gasteiger partial charge in [0.25, 0.3) is 0 Å². The Balaban J connectivity index is 1.30. The van der Waals surface area contributed by atoms with E-state index in [-0.39, 0.29) is 11.7 Å². The highest BCUT2D eigenvalue weighted by Gasteiger charge is 2.12. The van der Waals surface area contributed by atoms with Gasteiger partial charge in [0.1, 0.15) is 0 Å². The first-order chi connectivity index (χ1) is 17.5. The summed E-state index contributed by atoms with van der Waals surface area (Å²) in [6.07, 6.45) is 0. The van der Waals surface area contributed by atoms with Gasteiger partial charge in [-0.25, -0.2) is 4.98 Å². The molecule has 0 fully saturated rings. The van der Waals surface area contributed by atoms with Crippen LogP contribution in [-0.4, -0.2) is 36.0 Å². The van der Waals surface area contributed by atoms with Crippen LogP contribution in [0.5, 0.6) is 11.5 Å². The summed E-state index contributed by atoms with van der Waals surface area (Å²) in [4.78, 5) is 18.0. The number of methoxy groups -OCH3 is 2. The minimum atomic E-state index is -0.132. The molecule has 0 aliphatic carbocycles. The lowest BCUT2D eigenvalue weighted by Crippen LogP contribution is -2.19. The van der Waals surface area contributed by atoms with E-state index in [0.29, 0.717) is 21.7 Å². The number of benzene rings is 3. The van der Waals surface area contributed by atoms with Crippen molar-refractivity contribution in [2.24, 2.45) is 0 Å². The normalized spacial score (nSPS) is 10.4. The summed E-state index contributed by atoms with van der Waals surface area (Å²) < 4.78 is 10.6. The largest absolute Gasteiger partial charge is 0.493 e. The molecule has 0 saturated heterocycles. The summed E-state index contributed by atoms with van der Waals surface area (Å²) in [5, 5.41) is 12.1. The van der Waals surface area contributed by atoms with Crippen LogP contribution in [0.3, 0.4) is 0 Å². The highest BCUT2D eigenvalue weighted by atomic mass is 32.2. The SMILES string of the molecule is COc1ccc(-c2csc(NC(=O)CSc3cccc(NC(=S)Nc4ccccc4)c3)n2)cc1OC. The quantitative estimate of drug-likeness (QED) is 0.168. The minimum absolute atomic E-state index is 0.132. The fourth-order valence-corrected chi connectivity index (χ4v) is 4.97. The van der Waals surface area contributed by atoms with E-state index in [0.717, 1.165) is 27.5 Å². The molecule has 3 N–H and O–H groups in total. The molecule has 10 heteroatoms. The molecule has 0 bridgehead atoms. The highest BCUT2D eigenvalue weighted by Crippen LogP contribution is 2.33. The van der Waals surface area contributed by atoms with Crippen molar-refractivity contribution in [3.8, 4) is 22.8 Å². The number of amides is 1. The Kier molecular flexibility index (Phi) is 8.77. The Bertz CT molecular complexity index is 1350. The number of anilines is 3. The Morgan fingerprint density at radius 2 is 1.67 bits per heavy atom. The van der Waals surface area contributed by atoms with E-state index in [4.69, 9.17) is 21.7 Å². The molecule has 0 saturated carbocycles. The van der Waals surface area contributed by atoms with E-state index >= 15 is 0 Å². The van der Waals surface area contributed by atoms with Crippen LogP contribution in [-0.2, 0) is 4.79 Å². The summed E-state index contributed by atoms with van der Waals surface area (Å²) in [7, 11) is 3.18. The fourth-order valence-electron chi connectivity index (χ4n) is 3.24. The zero-order chi connectivity index (χ0) is 25.3. The third kappa shape index (κ3) is 6.97. The molecule has 0 atom stereocenters. The van der Waals surface area contributed by atoms with Crippen molar-refractivity contribution in [3.05, 3.63) is 78.2 Å². The van der Waals surface area contributed by atoms with Crippen molar-refractivity contribution < 1.29 is 14.3 Å². The average molecular weight is 537 g/mol. The third-order valence-corrected chi connectivity index (χ3v) is 6.88. The zero-order valence-electron chi connectivity index (χ0n) is 19.6. The first-order valence-electron chi connectivity index (χ1n) is 10.9. The van der Waals surface area contributed by atoms with Gasteiger partial charge in [0.2, 0.25) is 5.91 Å². The van der Waals surface area contributed by atoms with Gasteiger partial charge >= 0.3 is 0 Å². The zero-order valence-corrected chi connectivity index (χ0v) is 22.1. The van der Waals surface area contributed by atoms with Gasteiger partial charge in [-0.1, -0.05) is 24.3 Å². The van der Waals surface area contributed by atoms with Crippen LogP contribution in [0.25, 0.3) is 11.3 Å². The second kappa shape index (κ2) is 12.4. The van der Waals surface area contributed by atoms with E-state index in [1.807, 2.05) is 78.2 Å². The van der Waals surface area contributed by atoms with Crippen molar-refractivity contribution in [1.82, 2.24) is 4.98 Å². The highest BCUT2D eigenvalue weighted by molar-refractivity contribution is 8.00. The van der Waals surface area contributed by atoms with Crippen molar-refractivity contribution in [1.29, 1.82) is 0 Å². The smallest absolute Gasteiger partial charge is 0.236 e. The molecule has 0 aliphatic rings. The lowest BCUT2D eigenvalue weighted by molar-refractivity contribution is -0.113. The van der Waals surface area contributed by atoms with Crippen LogP contribution >= 0.6 is 35.3 Å². The van der Waals surface area contributed by atoms with Gasteiger partial charge in [-0.15, -0.1) is 23.1 Å². The Hall–Kier alpha value is -3.60. The molecular weight excluding hydrogens is 513 g/mol. The second-order valence-corrected chi connectivity index (χ2v) is 9.73. The Morgan fingerprint density at radius 3 is 2.44 bits per heavy atom. The molecule has 184 valence electrons. The lowest BCUT2D eigenvalue weighted by Gasteiger charge is -2.11. The van der Waals surface area contributed by atoms with Gasteiger partial charge < -0.3 is 25.4 Å². The monoisotopic (exact) mass is 536 g/mol. The number of carbonyl (C=O) groups is 1. The second-order valence-electron chi connectivity index (χ2n) is 7.42. The molecule has 36 heavy (non-hydrogen) atoms. The van der Waals surface area contributed by atoms with Gasteiger partial charge in [-0.05, 0) is 60.7 Å². The number of aromatic nitrogens is 1. The predicted octanol–water partition coefficient (Wildman–Crippen LogP) is 6.37. The number of thiocarbonyl (C=S) groups is 1. The van der Waals surface area contributed by atoms with Crippen LogP contribution in [0.2, 0.25) is 0 Å². The number of nitrogens with one attached hydrogen (secondary N) is 3. The maximum atomic E-state index is 12.5. The summed E-state index contributed by atoms with van der Waals surface area (Å²) in [6, 6.07) is 23.1. The van der Waals surface area contributed by atoms with E-state index in [9.17, 15) is 4.79 Å². The van der Waals surface area contributed by atoms with Crippen molar-refractivity contribution in [2.45, 2.75) is 4.90 Å². The number of thiazole rings is 1. The Morgan fingerprint density at radius 1 is 0.917 bits per heavy atom. The number of para-hydroxylation sites is 1. The maximum Gasteiger partial charge on any atom is 0.236 e. The topological polar surface area (TPSA) is 84.5 Å². The van der Waals surface area contributed by atoms with Gasteiger partial charge in [-0.3, -0.25) is 4.79 Å². The van der Waals surface area contributed by atoms with E-state index in [2.05, 4.69) is 20.9 Å². The number of rotatable bonds is 9. The molecule has 0 radical (unpaired) electrons. The van der Waals surface area contributed by atoms with Crippen LogP contribution < -0.4 is 25.4 Å². The first kappa shape index (κ1) is 25.5. The van der Waals surface area contributed by atoms with Gasteiger partial charge in [0.15, 0.2) is 21.7 Å². The number of nitrogens with zero attached hydrogens (tertiary/aromatic N) is 1. The summed E-state index contributed by atoms with van der Waals surface area (Å²) in [6.45, 7) is 0. The van der Waals surface area contributed by atoms with E-state index < -0.39 is 0 Å². The number of thioether (sulfide) groups is 1. The lowest BCUT2D eigenvalue weighted by atomic mass is 10.1. The van der Waals surface area contributed by atoms with Crippen molar-refractivity contribution in [2.75, 3.05) is 35.9 Å². The summed E-state index contributed by atoms with van der Waals surface area (Å²) in [5.74, 6) is 1.39. The molecule has 4 aromatic rings. The van der Waals surface area contributed by atoms with Gasteiger partial charge in [-0.2, -0.15) is 0 Å². The summed E-state index contributed by atoms with van der Waals surface area (Å²) >= 11 is 8.20. The fraction of sp³-hybridized carbons (Fsp3) is 0.115. The predicted molar refractivity (Wildman–Crippen MR) is 153 cm³/mol. The molecule has 4 rings (SSSR count). The van der Waals surface area contributed by atoms with Crippen LogP contribution in [0, 0.1) is 0 Å². The van der Waals surface area contributed by atoms with Gasteiger partial charge in [0, 0.05) is 27.2 Å². The molecule has 0 aliphatic heterocycles. The number of ether oxygens (including phenoxy) is 2. The summed E-state index contributed by atoms with van der Waals surface area (Å²) in [5.41, 5.74) is 3.38. The van der Waals surface area contributed by atoms with E-state index in [1.54, 1.807) is 14.2 Å². The minimum Gasteiger partial charge on any atom is -0.493 e. The molecular formula is C26H24N4O3S3. The molecule has 3 aromatic carbocycles. The van der Waals surface area contributed by atoms with Crippen LogP contribution in [0.1, 0.15) is 0 Å². The molecule has 1 aromatic heterocycles. The number of hydrogen-bond donors (Lipinski definition) is 3. The molecule has 1 heterocycles.